The van der Waals surface area contributed by atoms with Crippen LogP contribution >= 0.6 is 11.3 Å². The first-order chi connectivity index (χ1) is 14.4. The van der Waals surface area contributed by atoms with Crippen molar-refractivity contribution in [3.8, 4) is 16.8 Å². The highest BCUT2D eigenvalue weighted by atomic mass is 32.1. The van der Waals surface area contributed by atoms with Crippen LogP contribution in [0.15, 0.2) is 60.8 Å². The minimum atomic E-state index is -0.600. The molecule has 0 fully saturated rings. The lowest BCUT2D eigenvalue weighted by molar-refractivity contribution is 0.100. The summed E-state index contributed by atoms with van der Waals surface area (Å²) in [5, 5.41) is 11.2. The number of carbonyl (C=O) groups excluding carboxylic acids is 2. The zero-order valence-electron chi connectivity index (χ0n) is 16.4. The van der Waals surface area contributed by atoms with Crippen LogP contribution in [0.5, 0.6) is 0 Å². The predicted octanol–water partition coefficient (Wildman–Crippen LogP) is 3.96. The molecule has 2 amide bonds. The van der Waals surface area contributed by atoms with Gasteiger partial charge in [0.1, 0.15) is 5.00 Å². The van der Waals surface area contributed by atoms with E-state index in [9.17, 15) is 9.59 Å². The number of nitrogens with one attached hydrogen (secondary N) is 1. The largest absolute Gasteiger partial charge is 0.365 e. The molecule has 0 bridgehead atoms. The number of hydrogen-bond acceptors (Lipinski definition) is 5. The summed E-state index contributed by atoms with van der Waals surface area (Å²) in [6.45, 7) is 3.88. The Kier molecular flexibility index (Phi) is 5.16. The van der Waals surface area contributed by atoms with Gasteiger partial charge in [0.05, 0.1) is 17.4 Å². The van der Waals surface area contributed by atoms with Crippen LogP contribution in [0.25, 0.3) is 16.8 Å². The molecule has 2 aromatic carbocycles. The van der Waals surface area contributed by atoms with Crippen molar-refractivity contribution in [1.29, 1.82) is 0 Å². The number of rotatable bonds is 5. The first-order valence-corrected chi connectivity index (χ1v) is 10.0. The summed E-state index contributed by atoms with van der Waals surface area (Å²) < 4.78 is 1.53. The Labute approximate surface area is 177 Å². The van der Waals surface area contributed by atoms with Gasteiger partial charge in [-0.2, -0.15) is 0 Å². The Morgan fingerprint density at radius 1 is 1.03 bits per heavy atom. The van der Waals surface area contributed by atoms with Crippen LogP contribution in [0.3, 0.4) is 0 Å². The Balaban J connectivity index is 1.64. The molecule has 0 spiro atoms. The minimum Gasteiger partial charge on any atom is -0.365 e. The van der Waals surface area contributed by atoms with Gasteiger partial charge in [0.15, 0.2) is 5.69 Å². The number of carbonyl (C=O) groups is 2. The molecule has 30 heavy (non-hydrogen) atoms. The molecule has 0 unspecified atom stereocenters. The van der Waals surface area contributed by atoms with Crippen LogP contribution in [0, 0.1) is 13.8 Å². The summed E-state index contributed by atoms with van der Waals surface area (Å²) in [5.74, 6) is -1.06. The van der Waals surface area contributed by atoms with Gasteiger partial charge in [-0.3, -0.25) is 9.59 Å². The second-order valence-electron chi connectivity index (χ2n) is 6.81. The Morgan fingerprint density at radius 3 is 2.40 bits per heavy atom. The van der Waals surface area contributed by atoms with Gasteiger partial charge in [-0.05, 0) is 31.5 Å². The van der Waals surface area contributed by atoms with Gasteiger partial charge in [-0.25, -0.2) is 4.68 Å². The number of aryl methyl sites for hydroxylation is 2. The van der Waals surface area contributed by atoms with E-state index in [0.717, 1.165) is 27.3 Å². The molecule has 4 rings (SSSR count). The Hall–Kier alpha value is -3.78. The van der Waals surface area contributed by atoms with E-state index >= 15 is 0 Å². The highest BCUT2D eigenvalue weighted by Gasteiger charge is 2.24. The number of benzene rings is 2. The second kappa shape index (κ2) is 7.92. The van der Waals surface area contributed by atoms with Crippen LogP contribution in [-0.2, 0) is 0 Å². The van der Waals surface area contributed by atoms with Crippen molar-refractivity contribution < 1.29 is 9.59 Å². The van der Waals surface area contributed by atoms with E-state index in [1.165, 1.54) is 16.0 Å². The fourth-order valence-electron chi connectivity index (χ4n) is 3.18. The molecular weight excluding hydrogens is 398 g/mol. The summed E-state index contributed by atoms with van der Waals surface area (Å²) in [6.07, 6.45) is 1.54. The average Bonchev–Trinajstić information content (AvgIpc) is 3.34. The smallest absolute Gasteiger partial charge is 0.278 e. The quantitative estimate of drug-likeness (QED) is 0.513. The van der Waals surface area contributed by atoms with Gasteiger partial charge >= 0.3 is 0 Å². The number of aromatic nitrogens is 3. The van der Waals surface area contributed by atoms with E-state index in [-0.39, 0.29) is 5.69 Å². The fourth-order valence-corrected chi connectivity index (χ4v) is 4.26. The van der Waals surface area contributed by atoms with Crippen molar-refractivity contribution in [2.45, 2.75) is 13.8 Å². The number of thiophene rings is 1. The molecule has 4 aromatic rings. The number of primary amides is 1. The van der Waals surface area contributed by atoms with Crippen LogP contribution in [-0.4, -0.2) is 26.8 Å². The van der Waals surface area contributed by atoms with Gasteiger partial charge < -0.3 is 11.1 Å². The summed E-state index contributed by atoms with van der Waals surface area (Å²) in [5.41, 5.74) is 9.60. The Morgan fingerprint density at radius 2 is 1.73 bits per heavy atom. The maximum absolute atomic E-state index is 12.8. The molecule has 0 aliphatic rings. The number of nitrogens with zero attached hydrogens (tertiary/aromatic N) is 3. The lowest BCUT2D eigenvalue weighted by Gasteiger charge is -2.06. The highest BCUT2D eigenvalue weighted by molar-refractivity contribution is 7.17. The Bertz CT molecular complexity index is 1230. The molecule has 0 aliphatic carbocycles. The lowest BCUT2D eigenvalue weighted by Crippen LogP contribution is -2.17. The van der Waals surface area contributed by atoms with Crippen LogP contribution in [0.1, 0.15) is 31.3 Å². The first kappa shape index (κ1) is 19.5. The standard InChI is InChI=1S/C22H19N5O2S/c1-13-8-10-16(11-9-13)27-12-17(25-26-27)21(29)24-22-19(20(23)28)18(14(2)30-22)15-6-4-3-5-7-15/h3-12H,1-2H3,(H2,23,28)(H,24,29). The zero-order chi connectivity index (χ0) is 21.3. The number of hydrogen-bond donors (Lipinski definition) is 2. The number of amides is 2. The van der Waals surface area contributed by atoms with E-state index in [1.54, 1.807) is 6.20 Å². The molecule has 8 heteroatoms. The van der Waals surface area contributed by atoms with Crippen LogP contribution < -0.4 is 11.1 Å². The highest BCUT2D eigenvalue weighted by Crippen LogP contribution is 2.39. The molecule has 3 N–H and O–H groups in total. The average molecular weight is 417 g/mol. The molecule has 0 aliphatic heterocycles. The van der Waals surface area contributed by atoms with Gasteiger partial charge in [-0.1, -0.05) is 53.2 Å². The molecule has 0 saturated carbocycles. The maximum atomic E-state index is 12.8. The molecule has 0 radical (unpaired) electrons. The van der Waals surface area contributed by atoms with Gasteiger partial charge in [-0.15, -0.1) is 16.4 Å². The minimum absolute atomic E-state index is 0.137. The van der Waals surface area contributed by atoms with Crippen molar-refractivity contribution in [2.24, 2.45) is 5.73 Å². The third-order valence-electron chi connectivity index (χ3n) is 4.64. The normalized spacial score (nSPS) is 10.7. The third-order valence-corrected chi connectivity index (χ3v) is 5.67. The second-order valence-corrected chi connectivity index (χ2v) is 8.03. The molecule has 0 atom stereocenters. The molecule has 7 nitrogen and oxygen atoms in total. The predicted molar refractivity (Wildman–Crippen MR) is 117 cm³/mol. The number of nitrogens with two attached hydrogens (primary N) is 1. The fraction of sp³-hybridized carbons (Fsp3) is 0.0909. The summed E-state index contributed by atoms with van der Waals surface area (Å²) in [4.78, 5) is 25.9. The van der Waals surface area contributed by atoms with Gasteiger partial charge in [0, 0.05) is 10.4 Å². The van der Waals surface area contributed by atoms with Crippen molar-refractivity contribution in [1.82, 2.24) is 15.0 Å². The first-order valence-electron chi connectivity index (χ1n) is 9.23. The zero-order valence-corrected chi connectivity index (χ0v) is 17.2. The van der Waals surface area contributed by atoms with Crippen LogP contribution in [0.2, 0.25) is 0 Å². The van der Waals surface area contributed by atoms with E-state index in [0.29, 0.717) is 10.6 Å². The number of anilines is 1. The van der Waals surface area contributed by atoms with Crippen molar-refractivity contribution >= 4 is 28.2 Å². The van der Waals surface area contributed by atoms with Crippen LogP contribution in [0.4, 0.5) is 5.00 Å². The third kappa shape index (κ3) is 3.72. The van der Waals surface area contributed by atoms with Crippen molar-refractivity contribution in [3.05, 3.63) is 82.5 Å². The summed E-state index contributed by atoms with van der Waals surface area (Å²) in [6, 6.07) is 17.2. The molecular formula is C22H19N5O2S. The monoisotopic (exact) mass is 417 g/mol. The topological polar surface area (TPSA) is 103 Å². The van der Waals surface area contributed by atoms with E-state index in [1.807, 2.05) is 68.4 Å². The molecule has 150 valence electrons. The maximum Gasteiger partial charge on any atom is 0.278 e. The van der Waals surface area contributed by atoms with Gasteiger partial charge in [0.2, 0.25) is 0 Å². The van der Waals surface area contributed by atoms with E-state index in [2.05, 4.69) is 15.6 Å². The van der Waals surface area contributed by atoms with Crippen molar-refractivity contribution in [3.63, 3.8) is 0 Å². The molecule has 0 saturated heterocycles. The molecule has 2 aromatic heterocycles. The van der Waals surface area contributed by atoms with E-state index in [4.69, 9.17) is 5.73 Å². The van der Waals surface area contributed by atoms with Gasteiger partial charge in [0.25, 0.3) is 11.8 Å². The van der Waals surface area contributed by atoms with E-state index < -0.39 is 11.8 Å². The summed E-state index contributed by atoms with van der Waals surface area (Å²) in [7, 11) is 0. The summed E-state index contributed by atoms with van der Waals surface area (Å²) >= 11 is 1.30. The SMILES string of the molecule is Cc1ccc(-n2cc(C(=O)Nc3sc(C)c(-c4ccccc4)c3C(N)=O)nn2)cc1. The van der Waals surface area contributed by atoms with Crippen molar-refractivity contribution in [2.75, 3.05) is 5.32 Å². The lowest BCUT2D eigenvalue weighted by atomic mass is 10.0. The molecule has 2 heterocycles.